The molecule has 11 heteroatoms. The van der Waals surface area contributed by atoms with Crippen LogP contribution in [0.4, 0.5) is 28.0 Å². The van der Waals surface area contributed by atoms with Crippen molar-refractivity contribution in [1.82, 2.24) is 5.32 Å². The third-order valence-electron chi connectivity index (χ3n) is 3.04. The molecular formula is C14H10F4N2O4S. The molecule has 0 aliphatic heterocycles. The molecule has 6 nitrogen and oxygen atoms in total. The van der Waals surface area contributed by atoms with Gasteiger partial charge in [0.25, 0.3) is 0 Å². The molecular weight excluding hydrogens is 368 g/mol. The lowest BCUT2D eigenvalue weighted by Gasteiger charge is -2.15. The summed E-state index contributed by atoms with van der Waals surface area (Å²) in [4.78, 5) is 22.6. The second-order valence-corrected chi connectivity index (χ2v) is 5.15. The van der Waals surface area contributed by atoms with E-state index in [0.717, 1.165) is 12.3 Å². The predicted molar refractivity (Wildman–Crippen MR) is 80.8 cm³/mol. The number of carbonyl (C=O) groups excluding carboxylic acids is 1. The van der Waals surface area contributed by atoms with Crippen LogP contribution in [0.15, 0.2) is 34.9 Å². The van der Waals surface area contributed by atoms with Gasteiger partial charge in [0.05, 0.1) is 11.3 Å². The van der Waals surface area contributed by atoms with Crippen molar-refractivity contribution in [3.63, 3.8) is 0 Å². The minimum absolute atomic E-state index is 0.0252. The first-order chi connectivity index (χ1) is 11.6. The first-order valence-electron chi connectivity index (χ1n) is 6.54. The molecule has 0 aliphatic rings. The van der Waals surface area contributed by atoms with Crippen molar-refractivity contribution in [2.24, 2.45) is 0 Å². The smallest absolute Gasteiger partial charge is 0.416 e. The van der Waals surface area contributed by atoms with Gasteiger partial charge in [-0.2, -0.15) is 13.2 Å². The van der Waals surface area contributed by atoms with Crippen molar-refractivity contribution < 1.29 is 36.7 Å². The third kappa shape index (κ3) is 4.44. The van der Waals surface area contributed by atoms with Crippen LogP contribution in [0.3, 0.4) is 0 Å². The normalized spacial score (nSPS) is 11.2. The average Bonchev–Trinajstić information content (AvgIpc) is 3.02. The van der Waals surface area contributed by atoms with Gasteiger partial charge in [0, 0.05) is 18.2 Å². The summed E-state index contributed by atoms with van der Waals surface area (Å²) in [5, 5.41) is 10.9. The molecule has 2 amide bonds. The van der Waals surface area contributed by atoms with Gasteiger partial charge in [-0.1, -0.05) is 12.8 Å². The zero-order valence-electron chi connectivity index (χ0n) is 12.2. The van der Waals surface area contributed by atoms with Crippen LogP contribution in [0.5, 0.6) is 0 Å². The van der Waals surface area contributed by atoms with Gasteiger partial charge < -0.3 is 14.8 Å². The van der Waals surface area contributed by atoms with Crippen molar-refractivity contribution in [3.8, 4) is 0 Å². The topological polar surface area (TPSA) is 82.8 Å². The largest absolute Gasteiger partial charge is 0.475 e. The Balaban J connectivity index is 2.07. The lowest BCUT2D eigenvalue weighted by atomic mass is 10.1. The number of nitrogens with one attached hydrogen (secondary N) is 1. The molecule has 0 fully saturated rings. The van der Waals surface area contributed by atoms with Crippen molar-refractivity contribution in [3.05, 3.63) is 53.2 Å². The lowest BCUT2D eigenvalue weighted by molar-refractivity contribution is -0.137. The molecule has 1 heterocycles. The molecule has 2 rings (SSSR count). The number of hydrogen-bond acceptors (Lipinski definition) is 4. The minimum atomic E-state index is -4.65. The summed E-state index contributed by atoms with van der Waals surface area (Å²) in [5.74, 6) is -2.72. The zero-order chi connectivity index (χ0) is 18.8. The number of benzene rings is 1. The Morgan fingerprint density at radius 1 is 1.28 bits per heavy atom. The number of nitrogens with zero attached hydrogens (tertiary/aromatic N) is 1. The van der Waals surface area contributed by atoms with Crippen LogP contribution >= 0.6 is 12.8 Å². The van der Waals surface area contributed by atoms with Gasteiger partial charge in [0.2, 0.25) is 5.76 Å². The molecule has 0 atom stereocenters. The van der Waals surface area contributed by atoms with E-state index >= 15 is 0 Å². The van der Waals surface area contributed by atoms with Gasteiger partial charge in [-0.25, -0.2) is 18.3 Å². The average molecular weight is 378 g/mol. The minimum Gasteiger partial charge on any atom is -0.475 e. The van der Waals surface area contributed by atoms with E-state index < -0.39 is 41.9 Å². The van der Waals surface area contributed by atoms with E-state index in [9.17, 15) is 27.2 Å². The van der Waals surface area contributed by atoms with Crippen LogP contribution in [0, 0.1) is 5.82 Å². The number of rotatable bonds is 4. The van der Waals surface area contributed by atoms with Crippen molar-refractivity contribution >= 4 is 30.5 Å². The molecule has 0 bridgehead atoms. The highest BCUT2D eigenvalue weighted by molar-refractivity contribution is 7.82. The van der Waals surface area contributed by atoms with Crippen molar-refractivity contribution in [2.45, 2.75) is 12.7 Å². The van der Waals surface area contributed by atoms with E-state index in [4.69, 9.17) is 5.11 Å². The fourth-order valence-corrected chi connectivity index (χ4v) is 1.97. The van der Waals surface area contributed by atoms with E-state index in [1.54, 1.807) is 0 Å². The highest BCUT2D eigenvalue weighted by atomic mass is 32.1. The summed E-state index contributed by atoms with van der Waals surface area (Å²) in [6.45, 7) is -0.532. The van der Waals surface area contributed by atoms with Gasteiger partial charge in [-0.05, 0) is 18.2 Å². The molecule has 25 heavy (non-hydrogen) atoms. The summed E-state index contributed by atoms with van der Waals surface area (Å²) >= 11 is 3.83. The molecule has 0 saturated heterocycles. The quantitative estimate of drug-likeness (QED) is 0.560. The summed E-state index contributed by atoms with van der Waals surface area (Å²) in [5.41, 5.74) is -1.45. The second kappa shape index (κ2) is 7.05. The number of carbonyl (C=O) groups is 2. The summed E-state index contributed by atoms with van der Waals surface area (Å²) in [6.07, 6.45) is -3.70. The Bertz CT molecular complexity index is 806. The Kier molecular flexibility index (Phi) is 5.26. The van der Waals surface area contributed by atoms with Gasteiger partial charge in [-0.15, -0.1) is 0 Å². The maximum absolute atomic E-state index is 13.6. The highest BCUT2D eigenvalue weighted by Crippen LogP contribution is 2.30. The van der Waals surface area contributed by atoms with Crippen LogP contribution in [0.2, 0.25) is 0 Å². The van der Waals surface area contributed by atoms with E-state index in [-0.39, 0.29) is 11.3 Å². The number of amides is 2. The number of anilines is 1. The summed E-state index contributed by atoms with van der Waals surface area (Å²) in [6, 6.07) is 1.92. The van der Waals surface area contributed by atoms with Gasteiger partial charge in [-0.3, -0.25) is 0 Å². The van der Waals surface area contributed by atoms with Gasteiger partial charge in [0.15, 0.2) is 0 Å². The van der Waals surface area contributed by atoms with Gasteiger partial charge >= 0.3 is 18.2 Å². The van der Waals surface area contributed by atoms with Crippen LogP contribution < -0.4 is 9.62 Å². The van der Waals surface area contributed by atoms with Crippen molar-refractivity contribution in [2.75, 3.05) is 4.31 Å². The second-order valence-electron chi connectivity index (χ2n) is 4.75. The molecule has 134 valence electrons. The first kappa shape index (κ1) is 18.6. The van der Waals surface area contributed by atoms with E-state index in [2.05, 4.69) is 22.5 Å². The summed E-state index contributed by atoms with van der Waals surface area (Å²) < 4.78 is 56.8. The van der Waals surface area contributed by atoms with Crippen molar-refractivity contribution in [1.29, 1.82) is 0 Å². The number of aromatic carboxylic acids is 1. The number of halogens is 4. The molecule has 0 unspecified atom stereocenters. The molecule has 2 aromatic rings. The van der Waals surface area contributed by atoms with E-state index in [1.807, 2.05) is 0 Å². The number of alkyl halides is 3. The molecule has 0 aliphatic carbocycles. The van der Waals surface area contributed by atoms with E-state index in [0.29, 0.717) is 22.5 Å². The van der Waals surface area contributed by atoms with E-state index in [1.165, 1.54) is 0 Å². The molecule has 2 N–H and O–H groups in total. The standard InChI is InChI=1S/C14H10F4N2O4S/c15-10-2-1-8(14(16,17)18)3-7(10)5-19-13(23)20(25)9-4-11(12(21)22)24-6-9/h1-4,6,25H,5H2,(H,19,23)(H,21,22). The molecule has 0 saturated carbocycles. The summed E-state index contributed by atoms with van der Waals surface area (Å²) in [7, 11) is 0. The zero-order valence-corrected chi connectivity index (χ0v) is 13.1. The maximum atomic E-state index is 13.6. The Labute approximate surface area is 143 Å². The van der Waals surface area contributed by atoms with Crippen LogP contribution in [-0.2, 0) is 12.7 Å². The Hall–Kier alpha value is -2.69. The maximum Gasteiger partial charge on any atom is 0.416 e. The number of furan rings is 1. The number of carboxylic acid groups (broad SMARTS) is 1. The number of carboxylic acids is 1. The van der Waals surface area contributed by atoms with Crippen LogP contribution in [0.1, 0.15) is 21.7 Å². The highest BCUT2D eigenvalue weighted by Gasteiger charge is 2.31. The fourth-order valence-electron chi connectivity index (χ4n) is 1.80. The van der Waals surface area contributed by atoms with Crippen LogP contribution in [-0.4, -0.2) is 17.1 Å². The SMILES string of the molecule is O=C(O)c1cc(N(S)C(=O)NCc2cc(C(F)(F)F)ccc2F)co1. The monoisotopic (exact) mass is 378 g/mol. The molecule has 1 aromatic heterocycles. The predicted octanol–water partition coefficient (Wildman–Crippen LogP) is 3.70. The molecule has 1 aromatic carbocycles. The molecule has 0 spiro atoms. The van der Waals surface area contributed by atoms with Crippen LogP contribution in [0.25, 0.3) is 0 Å². The lowest BCUT2D eigenvalue weighted by Crippen LogP contribution is -2.33. The first-order valence-corrected chi connectivity index (χ1v) is 6.94. The Morgan fingerprint density at radius 2 is 1.96 bits per heavy atom. The Morgan fingerprint density at radius 3 is 2.52 bits per heavy atom. The van der Waals surface area contributed by atoms with Gasteiger partial charge in [0.1, 0.15) is 12.1 Å². The fraction of sp³-hybridized carbons (Fsp3) is 0.143. The number of thiol groups is 1. The third-order valence-corrected chi connectivity index (χ3v) is 3.45. The number of hydrogen-bond donors (Lipinski definition) is 3. The number of urea groups is 1. The molecule has 0 radical (unpaired) electrons.